The van der Waals surface area contributed by atoms with E-state index in [9.17, 15) is 18.4 Å². The van der Waals surface area contributed by atoms with E-state index in [-0.39, 0.29) is 11.1 Å². The van der Waals surface area contributed by atoms with Gasteiger partial charge in [-0.25, -0.2) is 8.78 Å². The molecule has 2 atom stereocenters. The number of allylic oxidation sites excluding steroid dienone is 1. The maximum Gasteiger partial charge on any atom is 0.193 e. The van der Waals surface area contributed by atoms with Gasteiger partial charge in [-0.3, -0.25) is 9.59 Å². The highest BCUT2D eigenvalue weighted by Gasteiger charge is 2.36. The molecule has 1 aromatic carbocycles. The van der Waals surface area contributed by atoms with Gasteiger partial charge in [0, 0.05) is 11.1 Å². The van der Waals surface area contributed by atoms with Crippen LogP contribution >= 0.6 is 0 Å². The predicted molar refractivity (Wildman–Crippen MR) is 110 cm³/mol. The largest absolute Gasteiger partial charge is 0.291 e. The summed E-state index contributed by atoms with van der Waals surface area (Å²) in [6.07, 6.45) is 2.96. The zero-order valence-electron chi connectivity index (χ0n) is 16.7. The van der Waals surface area contributed by atoms with Gasteiger partial charge in [0.25, 0.3) is 0 Å². The molecule has 0 spiro atoms. The Morgan fingerprint density at radius 2 is 1.31 bits per heavy atom. The van der Waals surface area contributed by atoms with Crippen molar-refractivity contribution >= 4 is 27.7 Å². The van der Waals surface area contributed by atoms with Crippen molar-refractivity contribution in [3.63, 3.8) is 0 Å². The Balaban J connectivity index is 3.37. The van der Waals surface area contributed by atoms with Crippen LogP contribution in [-0.2, 0) is 6.42 Å². The van der Waals surface area contributed by atoms with Crippen LogP contribution < -0.4 is 0 Å². The minimum Gasteiger partial charge on any atom is -0.291 e. The lowest BCUT2D eigenvalue weighted by Crippen LogP contribution is -2.42. The quantitative estimate of drug-likeness (QED) is 0.309. The molecular weight excluding hydrogens is 366 g/mol. The van der Waals surface area contributed by atoms with Crippen LogP contribution in [0.15, 0.2) is 30.9 Å². The maximum absolute atomic E-state index is 14.6. The van der Waals surface area contributed by atoms with E-state index in [2.05, 4.69) is 6.58 Å². The van der Waals surface area contributed by atoms with Crippen molar-refractivity contribution in [2.75, 3.05) is 0 Å². The van der Waals surface area contributed by atoms with Gasteiger partial charge in [-0.1, -0.05) is 45.4 Å². The highest BCUT2D eigenvalue weighted by Crippen LogP contribution is 2.23. The van der Waals surface area contributed by atoms with Gasteiger partial charge in [0.2, 0.25) is 0 Å². The van der Waals surface area contributed by atoms with E-state index in [1.165, 1.54) is 6.07 Å². The van der Waals surface area contributed by atoms with E-state index in [4.69, 9.17) is 0 Å². The van der Waals surface area contributed by atoms with Gasteiger partial charge in [0.15, 0.2) is 11.6 Å². The van der Waals surface area contributed by atoms with Crippen molar-refractivity contribution in [1.29, 1.82) is 0 Å². The van der Waals surface area contributed by atoms with E-state index < -0.39 is 39.3 Å². The number of carbonyl (C=O) groups excluding carboxylic acids is 2. The van der Waals surface area contributed by atoms with Crippen molar-refractivity contribution < 1.29 is 18.4 Å². The summed E-state index contributed by atoms with van der Waals surface area (Å²) < 4.78 is 29.2. The van der Waals surface area contributed by atoms with Crippen LogP contribution in [0, 0.1) is 0 Å². The monoisotopic (exact) mass is 396 g/mol. The van der Waals surface area contributed by atoms with Gasteiger partial charge in [0.1, 0.15) is 11.6 Å². The molecule has 6 heteroatoms. The molecule has 0 fully saturated rings. The van der Waals surface area contributed by atoms with Gasteiger partial charge >= 0.3 is 0 Å². The molecule has 0 amide bonds. The van der Waals surface area contributed by atoms with E-state index in [0.717, 1.165) is 5.56 Å². The van der Waals surface area contributed by atoms with E-state index in [1.54, 1.807) is 57.5 Å². The van der Waals surface area contributed by atoms with Crippen LogP contribution in [0.3, 0.4) is 0 Å². The fourth-order valence-electron chi connectivity index (χ4n) is 2.47. The second kappa shape index (κ2) is 8.52. The first-order chi connectivity index (χ1) is 11.8. The SMILES string of the molecule is C=CCCc1cc(C(=O)C(F)[Si](C)(C)C)cc(C(=O)C(F)[Si](C)(C)C)c1. The highest BCUT2D eigenvalue weighted by molar-refractivity contribution is 6.81. The summed E-state index contributed by atoms with van der Waals surface area (Å²) in [4.78, 5) is 25.2. The van der Waals surface area contributed by atoms with Gasteiger partial charge < -0.3 is 0 Å². The Morgan fingerprint density at radius 1 is 0.923 bits per heavy atom. The molecule has 1 rings (SSSR count). The Bertz CT molecular complexity index is 638. The molecule has 0 N–H and O–H groups in total. The van der Waals surface area contributed by atoms with Gasteiger partial charge in [0.05, 0.1) is 16.1 Å². The van der Waals surface area contributed by atoms with E-state index in [1.807, 2.05) is 0 Å². The molecule has 0 saturated heterocycles. The Hall–Kier alpha value is -1.41. The average molecular weight is 397 g/mol. The molecule has 2 nitrogen and oxygen atoms in total. The minimum atomic E-state index is -2.33. The normalized spacial score (nSPS) is 14.6. The molecule has 0 aliphatic carbocycles. The lowest BCUT2D eigenvalue weighted by Gasteiger charge is -2.22. The third-order valence-electron chi connectivity index (χ3n) is 4.18. The fourth-order valence-corrected chi connectivity index (χ4v) is 4.38. The van der Waals surface area contributed by atoms with Gasteiger partial charge in [-0.05, 0) is 36.6 Å². The Kier molecular flexibility index (Phi) is 7.42. The van der Waals surface area contributed by atoms with E-state index >= 15 is 0 Å². The van der Waals surface area contributed by atoms with Crippen LogP contribution in [0.2, 0.25) is 39.3 Å². The van der Waals surface area contributed by atoms with Crippen LogP contribution in [0.4, 0.5) is 8.78 Å². The maximum atomic E-state index is 14.6. The zero-order chi connectivity index (χ0) is 20.3. The number of halogens is 2. The molecular formula is C20H30F2O2Si2. The summed E-state index contributed by atoms with van der Waals surface area (Å²) in [5.74, 6) is -4.33. The number of alkyl halides is 2. The molecule has 0 radical (unpaired) electrons. The molecule has 1 aromatic rings. The van der Waals surface area contributed by atoms with Gasteiger partial charge in [-0.15, -0.1) is 6.58 Å². The topological polar surface area (TPSA) is 34.1 Å². The van der Waals surface area contributed by atoms with Crippen LogP contribution in [-0.4, -0.2) is 39.3 Å². The molecule has 0 aliphatic heterocycles. The molecule has 2 unspecified atom stereocenters. The summed E-state index contributed by atoms with van der Waals surface area (Å²) in [6.45, 7) is 14.4. The smallest absolute Gasteiger partial charge is 0.193 e. The number of carbonyl (C=O) groups is 2. The number of aryl methyl sites for hydroxylation is 1. The number of Topliss-reactive ketones (excluding diaryl/α,β-unsaturated/α-hetero) is 2. The molecule has 144 valence electrons. The second-order valence-corrected chi connectivity index (χ2v) is 19.4. The van der Waals surface area contributed by atoms with Gasteiger partial charge in [-0.2, -0.15) is 0 Å². The van der Waals surface area contributed by atoms with Crippen LogP contribution in [0.25, 0.3) is 0 Å². The molecule has 0 aliphatic rings. The van der Waals surface area contributed by atoms with Crippen molar-refractivity contribution in [2.45, 2.75) is 63.7 Å². The third-order valence-corrected chi connectivity index (χ3v) is 7.75. The first-order valence-electron chi connectivity index (χ1n) is 8.90. The first kappa shape index (κ1) is 22.6. The number of rotatable bonds is 9. The molecule has 26 heavy (non-hydrogen) atoms. The fraction of sp³-hybridized carbons (Fsp3) is 0.500. The zero-order valence-corrected chi connectivity index (χ0v) is 18.7. The van der Waals surface area contributed by atoms with Crippen LogP contribution in [0.1, 0.15) is 32.7 Å². The van der Waals surface area contributed by atoms with Crippen molar-refractivity contribution in [3.8, 4) is 0 Å². The highest BCUT2D eigenvalue weighted by atomic mass is 28.3. The first-order valence-corrected chi connectivity index (χ1v) is 16.1. The Labute approximate surface area is 157 Å². The number of hydrogen-bond donors (Lipinski definition) is 0. The molecule has 0 aromatic heterocycles. The molecule has 0 bridgehead atoms. The average Bonchev–Trinajstić information content (AvgIpc) is 2.55. The van der Waals surface area contributed by atoms with Crippen molar-refractivity contribution in [2.24, 2.45) is 0 Å². The summed E-state index contributed by atoms with van der Waals surface area (Å²) >= 11 is 0. The minimum absolute atomic E-state index is 0.160. The number of hydrogen-bond acceptors (Lipinski definition) is 2. The lowest BCUT2D eigenvalue weighted by atomic mass is 9.98. The third kappa shape index (κ3) is 5.81. The Morgan fingerprint density at radius 3 is 1.62 bits per heavy atom. The molecule has 0 heterocycles. The molecule has 0 saturated carbocycles. The second-order valence-electron chi connectivity index (χ2n) is 8.93. The standard InChI is InChI=1S/C20H30F2O2Si2/c1-8-9-10-14-11-15(17(23)19(21)25(2,3)4)13-16(12-14)18(24)20(22)26(5,6)7/h8,11-13,19-20H,1,9-10H2,2-7H3. The summed E-state index contributed by atoms with van der Waals surface area (Å²) in [6, 6.07) is 4.61. The predicted octanol–water partition coefficient (Wildman–Crippen LogP) is 5.60. The lowest BCUT2D eigenvalue weighted by molar-refractivity contribution is 0.0927. The van der Waals surface area contributed by atoms with Crippen molar-refractivity contribution in [1.82, 2.24) is 0 Å². The van der Waals surface area contributed by atoms with Crippen LogP contribution in [0.5, 0.6) is 0 Å². The summed E-state index contributed by atoms with van der Waals surface area (Å²) in [5, 5.41) is 0. The summed E-state index contributed by atoms with van der Waals surface area (Å²) in [7, 11) is -4.66. The number of ketones is 2. The summed E-state index contributed by atoms with van der Waals surface area (Å²) in [5.41, 5.74) is 1.05. The van der Waals surface area contributed by atoms with Crippen molar-refractivity contribution in [3.05, 3.63) is 47.5 Å². The van der Waals surface area contributed by atoms with E-state index in [0.29, 0.717) is 12.8 Å². The number of benzene rings is 1.